The number of ether oxygens (including phenoxy) is 3. The smallest absolute Gasteiger partial charge is 0.257 e. The molecular formula is C26H35N3O4S. The fourth-order valence-corrected chi connectivity index (χ4v) is 4.29. The Labute approximate surface area is 207 Å². The highest BCUT2D eigenvalue weighted by molar-refractivity contribution is 7.80. The van der Waals surface area contributed by atoms with E-state index in [0.29, 0.717) is 48.7 Å². The molecule has 1 heterocycles. The van der Waals surface area contributed by atoms with E-state index in [4.69, 9.17) is 26.4 Å². The largest absolute Gasteiger partial charge is 0.490 e. The summed E-state index contributed by atoms with van der Waals surface area (Å²) >= 11 is 5.38. The van der Waals surface area contributed by atoms with Crippen LogP contribution in [0.5, 0.6) is 17.2 Å². The minimum Gasteiger partial charge on any atom is -0.490 e. The van der Waals surface area contributed by atoms with Crippen molar-refractivity contribution < 1.29 is 19.0 Å². The number of anilines is 2. The third kappa shape index (κ3) is 6.53. The third-order valence-corrected chi connectivity index (χ3v) is 5.86. The molecule has 7 nitrogen and oxygen atoms in total. The molecule has 1 atom stereocenters. The number of hydrogen-bond donors (Lipinski definition) is 2. The number of piperidine rings is 1. The number of thiocarbonyl (C=S) groups is 1. The topological polar surface area (TPSA) is 72.1 Å². The molecule has 1 saturated heterocycles. The van der Waals surface area contributed by atoms with Gasteiger partial charge in [0.1, 0.15) is 0 Å². The van der Waals surface area contributed by atoms with Gasteiger partial charge in [-0.25, -0.2) is 0 Å². The summed E-state index contributed by atoms with van der Waals surface area (Å²) in [6.45, 7) is 10.3. The highest BCUT2D eigenvalue weighted by atomic mass is 32.1. The van der Waals surface area contributed by atoms with Crippen molar-refractivity contribution in [3.63, 3.8) is 0 Å². The number of nitrogens with one attached hydrogen (secondary N) is 2. The second kappa shape index (κ2) is 12.5. The second-order valence-electron chi connectivity index (χ2n) is 8.09. The molecule has 1 unspecified atom stereocenters. The Kier molecular flexibility index (Phi) is 9.39. The molecule has 1 fully saturated rings. The van der Waals surface area contributed by atoms with Crippen molar-refractivity contribution in [2.75, 3.05) is 36.6 Å². The van der Waals surface area contributed by atoms with Crippen molar-refractivity contribution in [2.45, 2.75) is 53.0 Å². The molecule has 2 aromatic carbocycles. The van der Waals surface area contributed by atoms with Crippen LogP contribution in [0.15, 0.2) is 36.4 Å². The predicted molar refractivity (Wildman–Crippen MR) is 141 cm³/mol. The summed E-state index contributed by atoms with van der Waals surface area (Å²) in [5.74, 6) is 1.05. The summed E-state index contributed by atoms with van der Waals surface area (Å²) in [5, 5.41) is 6.04. The maximum atomic E-state index is 12.9. The van der Waals surface area contributed by atoms with E-state index >= 15 is 0 Å². The van der Waals surface area contributed by atoms with E-state index in [1.165, 1.54) is 24.9 Å². The second-order valence-corrected chi connectivity index (χ2v) is 8.50. The van der Waals surface area contributed by atoms with Gasteiger partial charge in [-0.2, -0.15) is 0 Å². The van der Waals surface area contributed by atoms with Crippen molar-refractivity contribution in [1.82, 2.24) is 5.32 Å². The molecule has 34 heavy (non-hydrogen) atoms. The Morgan fingerprint density at radius 3 is 2.18 bits per heavy atom. The van der Waals surface area contributed by atoms with Crippen LogP contribution in [-0.4, -0.2) is 43.4 Å². The van der Waals surface area contributed by atoms with Crippen LogP contribution in [0.1, 0.15) is 57.3 Å². The summed E-state index contributed by atoms with van der Waals surface area (Å²) in [5.41, 5.74) is 2.39. The molecule has 0 spiro atoms. The van der Waals surface area contributed by atoms with Gasteiger partial charge in [-0.3, -0.25) is 10.1 Å². The van der Waals surface area contributed by atoms with Gasteiger partial charge in [-0.1, -0.05) is 0 Å². The lowest BCUT2D eigenvalue weighted by molar-refractivity contribution is 0.0976. The first-order valence-electron chi connectivity index (χ1n) is 12.0. The molecule has 8 heteroatoms. The molecule has 0 bridgehead atoms. The first kappa shape index (κ1) is 25.6. The van der Waals surface area contributed by atoms with Gasteiger partial charge < -0.3 is 24.4 Å². The number of nitrogens with zero attached hydrogens (tertiary/aromatic N) is 1. The van der Waals surface area contributed by atoms with E-state index in [2.05, 4.69) is 34.6 Å². The number of amides is 1. The molecule has 1 aliphatic heterocycles. The first-order valence-corrected chi connectivity index (χ1v) is 12.4. The van der Waals surface area contributed by atoms with E-state index in [1.807, 2.05) is 32.9 Å². The maximum Gasteiger partial charge on any atom is 0.257 e. The number of rotatable bonds is 9. The average molecular weight is 486 g/mol. The Morgan fingerprint density at radius 2 is 1.62 bits per heavy atom. The SMILES string of the molecule is CCOc1cc(C(=O)NC(=S)Nc2ccc(N3CCCCC3C)cc2)cc(OCC)c1OCC. The van der Waals surface area contributed by atoms with Gasteiger partial charge in [0.2, 0.25) is 5.75 Å². The zero-order valence-electron chi connectivity index (χ0n) is 20.5. The Bertz CT molecular complexity index is 954. The van der Waals surface area contributed by atoms with Gasteiger partial charge in [0.15, 0.2) is 16.6 Å². The van der Waals surface area contributed by atoms with Gasteiger partial charge in [0.05, 0.1) is 19.8 Å². The molecule has 0 aromatic heterocycles. The number of hydrogen-bond acceptors (Lipinski definition) is 6. The van der Waals surface area contributed by atoms with E-state index in [1.54, 1.807) is 12.1 Å². The van der Waals surface area contributed by atoms with Crippen molar-refractivity contribution in [3.8, 4) is 17.2 Å². The molecule has 1 amide bonds. The van der Waals surface area contributed by atoms with E-state index in [9.17, 15) is 4.79 Å². The molecule has 1 aliphatic rings. The van der Waals surface area contributed by atoms with Gasteiger partial charge in [0.25, 0.3) is 5.91 Å². The molecule has 184 valence electrons. The minimum atomic E-state index is -0.360. The summed E-state index contributed by atoms with van der Waals surface area (Å²) in [6, 6.07) is 12.0. The summed E-state index contributed by atoms with van der Waals surface area (Å²) < 4.78 is 17.1. The summed E-state index contributed by atoms with van der Waals surface area (Å²) in [6.07, 6.45) is 3.73. The van der Waals surface area contributed by atoms with Crippen LogP contribution in [0.2, 0.25) is 0 Å². The van der Waals surface area contributed by atoms with E-state index in [-0.39, 0.29) is 11.0 Å². The van der Waals surface area contributed by atoms with Crippen LogP contribution >= 0.6 is 12.2 Å². The number of benzene rings is 2. The van der Waals surface area contributed by atoms with Crippen LogP contribution < -0.4 is 29.7 Å². The van der Waals surface area contributed by atoms with Crippen LogP contribution in [0.3, 0.4) is 0 Å². The van der Waals surface area contributed by atoms with Gasteiger partial charge >= 0.3 is 0 Å². The highest BCUT2D eigenvalue weighted by Crippen LogP contribution is 2.39. The lowest BCUT2D eigenvalue weighted by atomic mass is 10.0. The molecule has 2 aromatic rings. The zero-order chi connectivity index (χ0) is 24.5. The van der Waals surface area contributed by atoms with Crippen molar-refractivity contribution in [1.29, 1.82) is 0 Å². The Balaban J connectivity index is 1.68. The molecular weight excluding hydrogens is 450 g/mol. The van der Waals surface area contributed by atoms with E-state index < -0.39 is 0 Å². The maximum absolute atomic E-state index is 12.9. The fraction of sp³-hybridized carbons (Fsp3) is 0.462. The van der Waals surface area contributed by atoms with Crippen molar-refractivity contribution >= 4 is 34.6 Å². The molecule has 0 saturated carbocycles. The molecule has 3 rings (SSSR count). The quantitative estimate of drug-likeness (QED) is 0.462. The first-order chi connectivity index (χ1) is 16.5. The Hall–Kier alpha value is -3.00. The van der Waals surface area contributed by atoms with Crippen LogP contribution in [0.25, 0.3) is 0 Å². The van der Waals surface area contributed by atoms with Crippen molar-refractivity contribution in [3.05, 3.63) is 42.0 Å². The van der Waals surface area contributed by atoms with E-state index in [0.717, 1.165) is 12.2 Å². The lowest BCUT2D eigenvalue weighted by Crippen LogP contribution is -2.37. The lowest BCUT2D eigenvalue weighted by Gasteiger charge is -2.35. The number of carbonyl (C=O) groups is 1. The number of carbonyl (C=O) groups excluding carboxylic acids is 1. The van der Waals surface area contributed by atoms with Gasteiger partial charge in [0, 0.05) is 29.5 Å². The molecule has 0 aliphatic carbocycles. The highest BCUT2D eigenvalue weighted by Gasteiger charge is 2.20. The van der Waals surface area contributed by atoms with Crippen LogP contribution in [0.4, 0.5) is 11.4 Å². The van der Waals surface area contributed by atoms with Crippen LogP contribution in [0, 0.1) is 0 Å². The normalized spacial score (nSPS) is 15.4. The summed E-state index contributed by atoms with van der Waals surface area (Å²) in [4.78, 5) is 15.4. The predicted octanol–water partition coefficient (Wildman–Crippen LogP) is 5.39. The zero-order valence-corrected chi connectivity index (χ0v) is 21.3. The monoisotopic (exact) mass is 485 g/mol. The fourth-order valence-electron chi connectivity index (χ4n) is 4.08. The summed E-state index contributed by atoms with van der Waals surface area (Å²) in [7, 11) is 0. The Morgan fingerprint density at radius 1 is 1.00 bits per heavy atom. The standard InChI is InChI=1S/C26H35N3O4S/c1-5-31-22-16-19(17-23(32-6-2)24(22)33-7-3)25(30)28-26(34)27-20-11-13-21(14-12-20)29-15-9-8-10-18(29)4/h11-14,16-18H,5-10,15H2,1-4H3,(H2,27,28,30,34). The third-order valence-electron chi connectivity index (χ3n) is 5.66. The average Bonchev–Trinajstić information content (AvgIpc) is 2.82. The minimum absolute atomic E-state index is 0.217. The van der Waals surface area contributed by atoms with Gasteiger partial charge in [-0.15, -0.1) is 0 Å². The molecule has 2 N–H and O–H groups in total. The van der Waals surface area contributed by atoms with Crippen LogP contribution in [-0.2, 0) is 0 Å². The van der Waals surface area contributed by atoms with Crippen molar-refractivity contribution in [2.24, 2.45) is 0 Å². The van der Waals surface area contributed by atoms with Gasteiger partial charge in [-0.05, 0) is 95.6 Å². The molecule has 0 radical (unpaired) electrons.